The van der Waals surface area contributed by atoms with Crippen molar-refractivity contribution in [1.82, 2.24) is 14.9 Å². The topological polar surface area (TPSA) is 212 Å². The average molecular weight is 591 g/mol. The van der Waals surface area contributed by atoms with Crippen molar-refractivity contribution in [3.8, 4) is 11.8 Å². The Labute approximate surface area is 211 Å². The molecule has 1 aliphatic heterocycles. The summed E-state index contributed by atoms with van der Waals surface area (Å²) in [5.41, 5.74) is -1.52. The van der Waals surface area contributed by atoms with Gasteiger partial charge in [-0.1, -0.05) is 11.8 Å². The molecule has 2 heterocycles. The molecule has 210 valence electrons. The van der Waals surface area contributed by atoms with E-state index in [0.29, 0.717) is 6.54 Å². The monoisotopic (exact) mass is 591 g/mol. The molecule has 1 aromatic heterocycles. The normalized spacial score (nSPS) is 23.1. The van der Waals surface area contributed by atoms with Crippen LogP contribution in [0.1, 0.15) is 18.2 Å². The molecule has 2 unspecified atom stereocenters. The smallest absolute Gasteiger partial charge is 0.390 e. The number of hydrogen-bond acceptors (Lipinski definition) is 15. The van der Waals surface area contributed by atoms with Gasteiger partial charge >= 0.3 is 29.2 Å². The van der Waals surface area contributed by atoms with E-state index in [-0.39, 0.29) is 12.0 Å². The lowest BCUT2D eigenvalue weighted by molar-refractivity contribution is -0.0457. The number of rotatable bonds is 13. The zero-order valence-electron chi connectivity index (χ0n) is 20.5. The standard InChI is InChI=1S/C17H28N3O14P3/c1-18-8-6-7-12-10-20(17(23)19-16(12)22)15-9-13(21)14(32-15)11-31-36(25,29-4)34-37(26,30-5)33-35(24,27-2)28-3/h10,13-15,18,21H,8-9,11H2,1-5H3,(H,19,22,23)/t13-,14-,15-,36?,37?/m1/s1. The number of phosphoric ester groups is 2. The van der Waals surface area contributed by atoms with Crippen molar-refractivity contribution in [3.63, 3.8) is 0 Å². The molecule has 17 nitrogen and oxygen atoms in total. The van der Waals surface area contributed by atoms with Crippen LogP contribution in [0.3, 0.4) is 0 Å². The van der Waals surface area contributed by atoms with Gasteiger partial charge in [-0.15, -0.1) is 0 Å². The minimum atomic E-state index is -4.88. The van der Waals surface area contributed by atoms with Crippen LogP contribution in [0.15, 0.2) is 15.8 Å². The predicted molar refractivity (Wildman–Crippen MR) is 126 cm³/mol. The Hall–Kier alpha value is -1.47. The molecular formula is C17H28N3O14P3. The van der Waals surface area contributed by atoms with E-state index >= 15 is 0 Å². The van der Waals surface area contributed by atoms with Gasteiger partial charge < -0.3 is 15.2 Å². The Morgan fingerprint density at radius 2 is 1.68 bits per heavy atom. The van der Waals surface area contributed by atoms with Crippen LogP contribution in [-0.4, -0.2) is 75.5 Å². The van der Waals surface area contributed by atoms with Crippen LogP contribution < -0.4 is 16.6 Å². The second-order valence-electron chi connectivity index (χ2n) is 7.00. The van der Waals surface area contributed by atoms with Crippen molar-refractivity contribution in [2.75, 3.05) is 48.6 Å². The summed E-state index contributed by atoms with van der Waals surface area (Å²) in [5.74, 6) is 5.31. The molecule has 0 radical (unpaired) electrons. The third-order valence-corrected chi connectivity index (χ3v) is 10.1. The van der Waals surface area contributed by atoms with Gasteiger partial charge in [-0.3, -0.25) is 37.0 Å². The number of hydrogen-bond donors (Lipinski definition) is 3. The van der Waals surface area contributed by atoms with Gasteiger partial charge in [-0.2, -0.15) is 8.62 Å². The van der Waals surface area contributed by atoms with Gasteiger partial charge in [0.2, 0.25) is 0 Å². The Balaban J connectivity index is 2.16. The maximum Gasteiger partial charge on any atom is 0.492 e. The fraction of sp³-hybridized carbons (Fsp3) is 0.647. The minimum Gasteiger partial charge on any atom is -0.390 e. The molecule has 0 aromatic carbocycles. The maximum absolute atomic E-state index is 12.9. The Kier molecular flexibility index (Phi) is 11.6. The largest absolute Gasteiger partial charge is 0.492 e. The summed E-state index contributed by atoms with van der Waals surface area (Å²) in [4.78, 5) is 26.4. The van der Waals surface area contributed by atoms with E-state index in [1.165, 1.54) is 6.20 Å². The number of aliphatic hydroxyl groups excluding tert-OH is 1. The third kappa shape index (κ3) is 8.51. The van der Waals surface area contributed by atoms with E-state index in [1.54, 1.807) is 7.05 Å². The molecule has 37 heavy (non-hydrogen) atoms. The summed E-state index contributed by atoms with van der Waals surface area (Å²) < 4.78 is 77.0. The third-order valence-electron chi connectivity index (χ3n) is 4.66. The van der Waals surface area contributed by atoms with Crippen LogP contribution in [0, 0.1) is 11.8 Å². The first kappa shape index (κ1) is 31.7. The van der Waals surface area contributed by atoms with Gasteiger partial charge in [-0.25, -0.2) is 18.5 Å². The first-order valence-corrected chi connectivity index (χ1v) is 14.7. The second kappa shape index (κ2) is 13.5. The summed E-state index contributed by atoms with van der Waals surface area (Å²) >= 11 is 0. The van der Waals surface area contributed by atoms with Crippen LogP contribution in [0.4, 0.5) is 0 Å². The van der Waals surface area contributed by atoms with Gasteiger partial charge in [0, 0.05) is 41.1 Å². The number of H-pyrrole nitrogens is 1. The molecule has 0 aliphatic carbocycles. The van der Waals surface area contributed by atoms with Crippen LogP contribution in [0.5, 0.6) is 0 Å². The Morgan fingerprint density at radius 1 is 1.08 bits per heavy atom. The first-order chi connectivity index (χ1) is 17.4. The molecule has 1 aliphatic rings. The molecule has 5 atom stereocenters. The van der Waals surface area contributed by atoms with Gasteiger partial charge in [0.1, 0.15) is 17.9 Å². The Morgan fingerprint density at radius 3 is 2.24 bits per heavy atom. The van der Waals surface area contributed by atoms with Gasteiger partial charge in [-0.05, 0) is 7.05 Å². The highest BCUT2D eigenvalue weighted by Crippen LogP contribution is 2.72. The molecule has 1 aromatic rings. The van der Waals surface area contributed by atoms with Crippen LogP contribution in [0.25, 0.3) is 0 Å². The summed E-state index contributed by atoms with van der Waals surface area (Å²) in [6, 6.07) is 0. The highest BCUT2D eigenvalue weighted by Gasteiger charge is 2.46. The van der Waals surface area contributed by atoms with E-state index < -0.39 is 59.8 Å². The van der Waals surface area contributed by atoms with E-state index in [4.69, 9.17) is 13.6 Å². The van der Waals surface area contributed by atoms with E-state index in [2.05, 4.69) is 44.5 Å². The zero-order valence-corrected chi connectivity index (χ0v) is 23.2. The van der Waals surface area contributed by atoms with E-state index in [9.17, 15) is 28.4 Å². The molecule has 20 heteroatoms. The molecule has 3 N–H and O–H groups in total. The van der Waals surface area contributed by atoms with Crippen molar-refractivity contribution in [2.45, 2.75) is 24.9 Å². The molecular weight excluding hydrogens is 563 g/mol. The Bertz CT molecular complexity index is 1250. The molecule has 0 spiro atoms. The van der Waals surface area contributed by atoms with Crippen molar-refractivity contribution in [3.05, 3.63) is 32.6 Å². The SMILES string of the molecule is CNCC#Cc1cn([C@H]2C[C@@H](O)[C@@H](COP(=O)(OC)OP(=O)(OC)OP(=O)(OC)OC)O2)c(=O)[nH]c1=O. The lowest BCUT2D eigenvalue weighted by Gasteiger charge is -2.24. The van der Waals surface area contributed by atoms with Gasteiger partial charge in [0.15, 0.2) is 0 Å². The van der Waals surface area contributed by atoms with Crippen LogP contribution in [-0.2, 0) is 49.7 Å². The van der Waals surface area contributed by atoms with Crippen molar-refractivity contribution >= 4 is 23.5 Å². The maximum atomic E-state index is 12.9. The molecule has 1 fully saturated rings. The molecule has 2 rings (SSSR count). The number of aromatic nitrogens is 2. The fourth-order valence-corrected chi connectivity index (χ4v) is 7.25. The van der Waals surface area contributed by atoms with Crippen LogP contribution in [0.2, 0.25) is 0 Å². The summed E-state index contributed by atoms with van der Waals surface area (Å²) in [7, 11) is -8.78. The zero-order chi connectivity index (χ0) is 27.9. The highest BCUT2D eigenvalue weighted by molar-refractivity contribution is 7.67. The number of aromatic amines is 1. The first-order valence-electron chi connectivity index (χ1n) is 10.3. The number of ether oxygens (including phenoxy) is 1. The highest BCUT2D eigenvalue weighted by atomic mass is 31.3. The number of phosphoric acid groups is 3. The number of nitrogens with one attached hydrogen (secondary N) is 2. The number of aliphatic hydroxyl groups is 1. The summed E-state index contributed by atoms with van der Waals surface area (Å²) in [6.45, 7) is -0.348. The second-order valence-corrected chi connectivity index (χ2v) is 12.7. The predicted octanol–water partition coefficient (Wildman–Crippen LogP) is 0.716. The van der Waals surface area contributed by atoms with E-state index in [1.807, 2.05) is 0 Å². The molecule has 0 saturated carbocycles. The average Bonchev–Trinajstić information content (AvgIpc) is 3.24. The quantitative estimate of drug-likeness (QED) is 0.213. The lowest BCUT2D eigenvalue weighted by Crippen LogP contribution is -2.33. The van der Waals surface area contributed by atoms with Crippen molar-refractivity contribution in [1.29, 1.82) is 0 Å². The molecule has 0 bridgehead atoms. The van der Waals surface area contributed by atoms with Crippen molar-refractivity contribution in [2.24, 2.45) is 0 Å². The minimum absolute atomic E-state index is 0.00958. The lowest BCUT2D eigenvalue weighted by atomic mass is 10.2. The molecule has 1 saturated heterocycles. The number of nitrogens with zero attached hydrogens (tertiary/aromatic N) is 1. The van der Waals surface area contributed by atoms with Gasteiger partial charge in [0.25, 0.3) is 5.56 Å². The van der Waals surface area contributed by atoms with E-state index in [0.717, 1.165) is 33.0 Å². The summed E-state index contributed by atoms with van der Waals surface area (Å²) in [6.07, 6.45) is -2.40. The van der Waals surface area contributed by atoms with Crippen molar-refractivity contribution < 1.29 is 54.8 Å². The summed E-state index contributed by atoms with van der Waals surface area (Å²) in [5, 5.41) is 13.2. The van der Waals surface area contributed by atoms with Gasteiger partial charge in [0.05, 0.1) is 19.3 Å². The molecule has 0 amide bonds. The fourth-order valence-electron chi connectivity index (χ4n) is 2.79. The van der Waals surface area contributed by atoms with Crippen LogP contribution >= 0.6 is 23.5 Å².